The van der Waals surface area contributed by atoms with E-state index >= 15 is 0 Å². The van der Waals surface area contributed by atoms with Gasteiger partial charge in [-0.1, -0.05) is 12.8 Å². The molecular formula is C10H17F3N2O. The van der Waals surface area contributed by atoms with Gasteiger partial charge in [0, 0.05) is 6.54 Å². The highest BCUT2D eigenvalue weighted by Gasteiger charge is 2.27. The lowest BCUT2D eigenvalue weighted by molar-refractivity contribution is -0.136. The minimum Gasteiger partial charge on any atom is -0.354 e. The van der Waals surface area contributed by atoms with Crippen molar-refractivity contribution in [3.05, 3.63) is 0 Å². The largest absolute Gasteiger partial charge is 0.390 e. The molecule has 1 amide bonds. The third-order valence-electron chi connectivity index (χ3n) is 2.58. The quantitative estimate of drug-likeness (QED) is 0.784. The Morgan fingerprint density at radius 1 is 1.31 bits per heavy atom. The molecule has 1 unspecified atom stereocenters. The smallest absolute Gasteiger partial charge is 0.354 e. The first-order valence-corrected chi connectivity index (χ1v) is 5.57. The number of nitrogens with one attached hydrogen (secondary N) is 2. The van der Waals surface area contributed by atoms with E-state index in [2.05, 4.69) is 10.6 Å². The second-order valence-corrected chi connectivity index (χ2v) is 4.01. The first-order chi connectivity index (χ1) is 7.49. The number of amides is 1. The van der Waals surface area contributed by atoms with Gasteiger partial charge < -0.3 is 10.6 Å². The van der Waals surface area contributed by atoms with Crippen LogP contribution in [0.5, 0.6) is 0 Å². The summed E-state index contributed by atoms with van der Waals surface area (Å²) in [5.74, 6) is -0.314. The lowest BCUT2D eigenvalue weighted by Gasteiger charge is -2.15. The monoisotopic (exact) mass is 238 g/mol. The van der Waals surface area contributed by atoms with Crippen LogP contribution in [0.25, 0.3) is 0 Å². The number of carbonyl (C=O) groups is 1. The number of rotatable bonds is 3. The molecule has 1 saturated heterocycles. The van der Waals surface area contributed by atoms with Crippen LogP contribution in [0.1, 0.15) is 32.1 Å². The van der Waals surface area contributed by atoms with E-state index in [1.54, 1.807) is 0 Å². The molecule has 3 nitrogen and oxygen atoms in total. The molecule has 0 saturated carbocycles. The highest BCUT2D eigenvalue weighted by molar-refractivity contribution is 5.81. The third kappa shape index (κ3) is 5.34. The van der Waals surface area contributed by atoms with Gasteiger partial charge >= 0.3 is 6.18 Å². The van der Waals surface area contributed by atoms with E-state index < -0.39 is 12.6 Å². The van der Waals surface area contributed by atoms with Gasteiger partial charge in [0.25, 0.3) is 0 Å². The molecule has 1 heterocycles. The zero-order chi connectivity index (χ0) is 12.0. The minimum absolute atomic E-state index is 0.314. The Morgan fingerprint density at radius 3 is 2.75 bits per heavy atom. The number of alkyl halides is 3. The van der Waals surface area contributed by atoms with E-state index in [1.807, 2.05) is 0 Å². The summed E-state index contributed by atoms with van der Waals surface area (Å²) >= 11 is 0. The molecule has 0 aromatic carbocycles. The number of hydrogen-bond donors (Lipinski definition) is 2. The molecule has 1 rings (SSSR count). The number of carbonyl (C=O) groups excluding carboxylic acids is 1. The summed E-state index contributed by atoms with van der Waals surface area (Å²) in [6.07, 6.45) is -1.43. The molecule has 16 heavy (non-hydrogen) atoms. The van der Waals surface area contributed by atoms with Crippen LogP contribution in [-0.4, -0.2) is 31.2 Å². The topological polar surface area (TPSA) is 41.1 Å². The molecule has 1 aliphatic rings. The highest BCUT2D eigenvalue weighted by atomic mass is 19.4. The van der Waals surface area contributed by atoms with Crippen LogP contribution in [0.15, 0.2) is 0 Å². The van der Waals surface area contributed by atoms with E-state index in [1.165, 1.54) is 0 Å². The summed E-state index contributed by atoms with van der Waals surface area (Å²) in [6, 6.07) is -0.323. The van der Waals surface area contributed by atoms with Crippen LogP contribution in [0, 0.1) is 0 Å². The molecule has 0 aromatic rings. The van der Waals surface area contributed by atoms with Crippen molar-refractivity contribution >= 4 is 5.91 Å². The number of hydrogen-bond acceptors (Lipinski definition) is 2. The molecule has 2 N–H and O–H groups in total. The first-order valence-electron chi connectivity index (χ1n) is 5.57. The maximum absolute atomic E-state index is 11.8. The van der Waals surface area contributed by atoms with Gasteiger partial charge in [0.2, 0.25) is 5.91 Å². The van der Waals surface area contributed by atoms with Gasteiger partial charge in [0.15, 0.2) is 0 Å². The van der Waals surface area contributed by atoms with Crippen LogP contribution in [0.2, 0.25) is 0 Å². The van der Waals surface area contributed by atoms with E-state index in [-0.39, 0.29) is 18.5 Å². The average molecular weight is 238 g/mol. The van der Waals surface area contributed by atoms with E-state index in [0.717, 1.165) is 25.8 Å². The molecule has 1 atom stereocenters. The van der Waals surface area contributed by atoms with E-state index in [4.69, 9.17) is 0 Å². The summed E-state index contributed by atoms with van der Waals surface area (Å²) < 4.78 is 35.5. The highest BCUT2D eigenvalue weighted by Crippen LogP contribution is 2.18. The van der Waals surface area contributed by atoms with Crippen LogP contribution < -0.4 is 10.6 Å². The summed E-state index contributed by atoms with van der Waals surface area (Å²) in [6.45, 7) is 0.428. The lowest BCUT2D eigenvalue weighted by Crippen LogP contribution is -2.44. The summed E-state index contributed by atoms with van der Waals surface area (Å²) in [7, 11) is 0. The van der Waals surface area contributed by atoms with Crippen LogP contribution >= 0.6 is 0 Å². The molecule has 0 bridgehead atoms. The summed E-state index contributed by atoms with van der Waals surface area (Å²) in [5.41, 5.74) is 0. The normalized spacial score (nSPS) is 22.6. The van der Waals surface area contributed by atoms with Crippen molar-refractivity contribution in [2.75, 3.05) is 13.1 Å². The Labute approximate surface area is 92.8 Å². The second kappa shape index (κ2) is 6.08. The summed E-state index contributed by atoms with van der Waals surface area (Å²) in [4.78, 5) is 11.5. The zero-order valence-corrected chi connectivity index (χ0v) is 9.07. The van der Waals surface area contributed by atoms with Gasteiger partial charge in [0.1, 0.15) is 0 Å². The van der Waals surface area contributed by atoms with Gasteiger partial charge in [0.05, 0.1) is 12.5 Å². The van der Waals surface area contributed by atoms with Crippen LogP contribution in [0.3, 0.4) is 0 Å². The van der Waals surface area contributed by atoms with Crippen LogP contribution in [-0.2, 0) is 4.79 Å². The van der Waals surface area contributed by atoms with Crippen molar-refractivity contribution in [1.82, 2.24) is 10.6 Å². The molecule has 0 radical (unpaired) electrons. The van der Waals surface area contributed by atoms with Crippen molar-refractivity contribution in [2.45, 2.75) is 44.3 Å². The SMILES string of the molecule is O=C(NCCC(F)(F)F)C1CCCCCN1. The van der Waals surface area contributed by atoms with E-state index in [9.17, 15) is 18.0 Å². The molecule has 6 heteroatoms. The maximum atomic E-state index is 11.8. The predicted octanol–water partition coefficient (Wildman–Crippen LogP) is 1.59. The predicted molar refractivity (Wildman–Crippen MR) is 53.9 cm³/mol. The molecule has 1 aliphatic heterocycles. The van der Waals surface area contributed by atoms with Gasteiger partial charge in [-0.05, 0) is 19.4 Å². The Morgan fingerprint density at radius 2 is 2.06 bits per heavy atom. The van der Waals surface area contributed by atoms with Crippen LogP contribution in [0.4, 0.5) is 13.2 Å². The van der Waals surface area contributed by atoms with E-state index in [0.29, 0.717) is 6.42 Å². The fourth-order valence-corrected chi connectivity index (χ4v) is 1.70. The molecule has 0 aliphatic carbocycles. The standard InChI is InChI=1S/C10H17F3N2O/c11-10(12,13)5-7-15-9(16)8-4-2-1-3-6-14-8/h8,14H,1-7H2,(H,15,16). The second-order valence-electron chi connectivity index (χ2n) is 4.01. The minimum atomic E-state index is -4.20. The lowest BCUT2D eigenvalue weighted by atomic mass is 10.1. The van der Waals surface area contributed by atoms with Gasteiger partial charge in [-0.3, -0.25) is 4.79 Å². The van der Waals surface area contributed by atoms with Crippen molar-refractivity contribution in [3.8, 4) is 0 Å². The first kappa shape index (κ1) is 13.3. The zero-order valence-electron chi connectivity index (χ0n) is 9.07. The average Bonchev–Trinajstić information content (AvgIpc) is 2.43. The fourth-order valence-electron chi connectivity index (χ4n) is 1.70. The van der Waals surface area contributed by atoms with Crippen molar-refractivity contribution < 1.29 is 18.0 Å². The molecule has 1 fully saturated rings. The van der Waals surface area contributed by atoms with Gasteiger partial charge in [-0.25, -0.2) is 0 Å². The molecule has 0 spiro atoms. The molecule has 94 valence electrons. The summed E-state index contributed by atoms with van der Waals surface area (Å²) in [5, 5.41) is 5.35. The molecular weight excluding hydrogens is 221 g/mol. The van der Waals surface area contributed by atoms with Crippen molar-refractivity contribution in [2.24, 2.45) is 0 Å². The number of halogens is 3. The van der Waals surface area contributed by atoms with Gasteiger partial charge in [-0.15, -0.1) is 0 Å². The third-order valence-corrected chi connectivity index (χ3v) is 2.58. The Hall–Kier alpha value is -0.780. The Kier molecular flexibility index (Phi) is 5.05. The van der Waals surface area contributed by atoms with Gasteiger partial charge in [-0.2, -0.15) is 13.2 Å². The molecule has 0 aromatic heterocycles. The van der Waals surface area contributed by atoms with Crippen molar-refractivity contribution in [3.63, 3.8) is 0 Å². The Balaban J connectivity index is 2.23. The van der Waals surface area contributed by atoms with Crippen molar-refractivity contribution in [1.29, 1.82) is 0 Å². The maximum Gasteiger partial charge on any atom is 0.390 e. The fraction of sp³-hybridized carbons (Fsp3) is 0.900. The Bertz CT molecular complexity index is 223.